The minimum Gasteiger partial charge on any atom is -0.493 e. The summed E-state index contributed by atoms with van der Waals surface area (Å²) in [7, 11) is 1.61. The van der Waals surface area contributed by atoms with E-state index in [-0.39, 0.29) is 17.4 Å². The summed E-state index contributed by atoms with van der Waals surface area (Å²) in [6.07, 6.45) is 4.39. The number of nitrogens with zero attached hydrogens (tertiary/aromatic N) is 5. The van der Waals surface area contributed by atoms with Crippen molar-refractivity contribution in [2.45, 2.75) is 46.6 Å². The molecule has 0 bridgehead atoms. The number of nitrogen functional groups attached to an aromatic ring is 1. The number of aromatic nitrogens is 4. The molecule has 1 fully saturated rings. The van der Waals surface area contributed by atoms with Gasteiger partial charge in [0.2, 0.25) is 11.8 Å². The molecule has 4 heterocycles. The van der Waals surface area contributed by atoms with Crippen LogP contribution in [0.5, 0.6) is 17.4 Å². The summed E-state index contributed by atoms with van der Waals surface area (Å²) in [5, 5.41) is 0.739. The molecule has 0 unspecified atom stereocenters. The summed E-state index contributed by atoms with van der Waals surface area (Å²) in [5.74, 6) is 9.00. The Morgan fingerprint density at radius 2 is 1.93 bits per heavy atom. The first-order valence-corrected chi connectivity index (χ1v) is 14.0. The van der Waals surface area contributed by atoms with E-state index in [0.29, 0.717) is 36.3 Å². The second-order valence-electron chi connectivity index (χ2n) is 11.1. The molecule has 9 nitrogen and oxygen atoms in total. The Kier molecular flexibility index (Phi) is 7.90. The highest BCUT2D eigenvalue weighted by molar-refractivity contribution is 6.04. The fourth-order valence-electron chi connectivity index (χ4n) is 5.34. The highest BCUT2D eigenvalue weighted by Gasteiger charge is 2.30. The highest BCUT2D eigenvalue weighted by Crippen LogP contribution is 2.42. The fraction of sp³-hybridized carbons (Fsp3) is 0.333. The van der Waals surface area contributed by atoms with E-state index >= 15 is 0 Å². The standard InChI is InChI=1S/C33H36N6O3/c1-7-28(40)38-17-15-33(5,16-18-38)14-13-24-29(30-31(34)35-20-36-32(30)39(24)21(2)3)23-11-12-25(26(19-23)41-6)42-27-10-8-9-22(4)37-27/h7-12,19-21H,1,15-18H2,2-6H3,(H2,34,35,36). The van der Waals surface area contributed by atoms with Gasteiger partial charge < -0.3 is 24.7 Å². The number of amides is 1. The fourth-order valence-corrected chi connectivity index (χ4v) is 5.34. The molecule has 1 amide bonds. The first-order chi connectivity index (χ1) is 20.1. The number of aryl methyl sites for hydroxylation is 1. The lowest BCUT2D eigenvalue weighted by molar-refractivity contribution is -0.127. The van der Waals surface area contributed by atoms with Gasteiger partial charge in [0.1, 0.15) is 23.5 Å². The number of anilines is 1. The number of hydrogen-bond acceptors (Lipinski definition) is 7. The number of pyridine rings is 1. The first-order valence-electron chi connectivity index (χ1n) is 14.0. The van der Waals surface area contributed by atoms with Crippen LogP contribution in [0.4, 0.5) is 5.82 Å². The summed E-state index contributed by atoms with van der Waals surface area (Å²) < 4.78 is 14.0. The van der Waals surface area contributed by atoms with Crippen molar-refractivity contribution in [2.24, 2.45) is 5.41 Å². The monoisotopic (exact) mass is 564 g/mol. The molecule has 0 saturated carbocycles. The van der Waals surface area contributed by atoms with Crippen LogP contribution in [0.2, 0.25) is 0 Å². The zero-order valence-corrected chi connectivity index (χ0v) is 24.8. The molecule has 42 heavy (non-hydrogen) atoms. The number of methoxy groups -OCH3 is 1. The van der Waals surface area contributed by atoms with Crippen molar-refractivity contribution in [1.29, 1.82) is 0 Å². The second kappa shape index (κ2) is 11.6. The van der Waals surface area contributed by atoms with Gasteiger partial charge in [0.05, 0.1) is 12.5 Å². The third-order valence-electron chi connectivity index (χ3n) is 7.69. The molecule has 0 radical (unpaired) electrons. The van der Waals surface area contributed by atoms with Crippen LogP contribution >= 0.6 is 0 Å². The highest BCUT2D eigenvalue weighted by atomic mass is 16.5. The van der Waals surface area contributed by atoms with Gasteiger partial charge in [0.15, 0.2) is 11.5 Å². The summed E-state index contributed by atoms with van der Waals surface area (Å²) >= 11 is 0. The van der Waals surface area contributed by atoms with Crippen molar-refractivity contribution in [3.63, 3.8) is 0 Å². The van der Waals surface area contributed by atoms with Gasteiger partial charge >= 0.3 is 0 Å². The van der Waals surface area contributed by atoms with Gasteiger partial charge in [-0.2, -0.15) is 0 Å². The third kappa shape index (κ3) is 5.53. The summed E-state index contributed by atoms with van der Waals surface area (Å²) in [6, 6.07) is 11.4. The van der Waals surface area contributed by atoms with Gasteiger partial charge in [-0.15, -0.1) is 0 Å². The molecule has 3 aromatic heterocycles. The van der Waals surface area contributed by atoms with Crippen LogP contribution in [0, 0.1) is 24.2 Å². The number of fused-ring (bicyclic) bond motifs is 1. The largest absolute Gasteiger partial charge is 0.493 e. The topological polar surface area (TPSA) is 108 Å². The lowest BCUT2D eigenvalue weighted by Gasteiger charge is -2.35. The molecule has 9 heteroatoms. The smallest absolute Gasteiger partial charge is 0.245 e. The molecule has 1 saturated heterocycles. The van der Waals surface area contributed by atoms with Crippen LogP contribution in [0.25, 0.3) is 22.2 Å². The number of rotatable bonds is 6. The molecule has 2 N–H and O–H groups in total. The Labute approximate surface area is 246 Å². The van der Waals surface area contributed by atoms with E-state index in [1.165, 1.54) is 12.4 Å². The Morgan fingerprint density at radius 3 is 2.60 bits per heavy atom. The van der Waals surface area contributed by atoms with Crippen molar-refractivity contribution in [2.75, 3.05) is 25.9 Å². The zero-order chi connectivity index (χ0) is 30.0. The number of piperidine rings is 1. The molecule has 0 spiro atoms. The second-order valence-corrected chi connectivity index (χ2v) is 11.1. The van der Waals surface area contributed by atoms with Gasteiger partial charge in [0.25, 0.3) is 0 Å². The Bertz CT molecular complexity index is 1720. The maximum atomic E-state index is 12.1. The molecule has 5 rings (SSSR count). The quantitative estimate of drug-likeness (QED) is 0.228. The van der Waals surface area contributed by atoms with Crippen molar-refractivity contribution in [3.05, 3.63) is 66.8 Å². The van der Waals surface area contributed by atoms with Crippen LogP contribution in [-0.2, 0) is 4.79 Å². The first kappa shape index (κ1) is 28.7. The van der Waals surface area contributed by atoms with Gasteiger partial charge in [-0.1, -0.05) is 24.6 Å². The molecule has 4 aromatic rings. The van der Waals surface area contributed by atoms with Gasteiger partial charge in [-0.05, 0) is 76.3 Å². The van der Waals surface area contributed by atoms with Crippen LogP contribution in [0.1, 0.15) is 51.0 Å². The van der Waals surface area contributed by atoms with Crippen molar-refractivity contribution < 1.29 is 14.3 Å². The van der Waals surface area contributed by atoms with Gasteiger partial charge in [-0.25, -0.2) is 15.0 Å². The Balaban J connectivity index is 1.63. The maximum absolute atomic E-state index is 12.1. The third-order valence-corrected chi connectivity index (χ3v) is 7.69. The Morgan fingerprint density at radius 1 is 1.17 bits per heavy atom. The van der Waals surface area contributed by atoms with Crippen LogP contribution < -0.4 is 15.2 Å². The van der Waals surface area contributed by atoms with E-state index in [0.717, 1.165) is 46.4 Å². The van der Waals surface area contributed by atoms with Crippen LogP contribution in [0.15, 0.2) is 55.4 Å². The molecule has 216 valence electrons. The predicted octanol–water partition coefficient (Wildman–Crippen LogP) is 5.93. The molecule has 0 atom stereocenters. The molecule has 1 aliphatic rings. The summed E-state index contributed by atoms with van der Waals surface area (Å²) in [4.78, 5) is 27.4. The summed E-state index contributed by atoms with van der Waals surface area (Å²) in [5.41, 5.74) is 10.3. The SMILES string of the molecule is C=CC(=O)N1CCC(C)(C#Cc2c(-c3ccc(Oc4cccc(C)n4)c(OC)c3)c3c(N)ncnc3n2C(C)C)CC1. The maximum Gasteiger partial charge on any atom is 0.245 e. The van der Waals surface area contributed by atoms with E-state index < -0.39 is 0 Å². The van der Waals surface area contributed by atoms with E-state index in [4.69, 9.17) is 15.2 Å². The van der Waals surface area contributed by atoms with Crippen LogP contribution in [-0.4, -0.2) is 50.5 Å². The van der Waals surface area contributed by atoms with Crippen LogP contribution in [0.3, 0.4) is 0 Å². The van der Waals surface area contributed by atoms with Crippen molar-refractivity contribution in [3.8, 4) is 40.3 Å². The molecule has 0 aliphatic carbocycles. The van der Waals surface area contributed by atoms with Crippen molar-refractivity contribution >= 4 is 22.8 Å². The van der Waals surface area contributed by atoms with E-state index in [2.05, 4.69) is 58.7 Å². The number of hydrogen-bond donors (Lipinski definition) is 1. The lowest BCUT2D eigenvalue weighted by atomic mass is 9.81. The number of carbonyl (C=O) groups is 1. The van der Waals surface area contributed by atoms with Crippen molar-refractivity contribution in [1.82, 2.24) is 24.4 Å². The molecule has 1 aromatic carbocycles. The summed E-state index contributed by atoms with van der Waals surface area (Å²) in [6.45, 7) is 13.2. The number of likely N-dealkylation sites (tertiary alicyclic amines) is 1. The predicted molar refractivity (Wildman–Crippen MR) is 164 cm³/mol. The number of ether oxygens (including phenoxy) is 2. The molecule has 1 aliphatic heterocycles. The van der Waals surface area contributed by atoms with Gasteiger partial charge in [0, 0.05) is 41.9 Å². The minimum absolute atomic E-state index is 0.0409. The van der Waals surface area contributed by atoms with E-state index in [1.807, 2.05) is 42.2 Å². The number of carbonyl (C=O) groups excluding carboxylic acids is 1. The average Bonchev–Trinajstić information content (AvgIpc) is 3.32. The lowest BCUT2D eigenvalue weighted by Crippen LogP contribution is -2.40. The number of nitrogens with two attached hydrogens (primary N) is 1. The normalized spacial score (nSPS) is 14.4. The zero-order valence-electron chi connectivity index (χ0n) is 24.8. The minimum atomic E-state index is -0.263. The van der Waals surface area contributed by atoms with E-state index in [9.17, 15) is 4.79 Å². The number of benzene rings is 1. The Hall–Kier alpha value is -4.84. The van der Waals surface area contributed by atoms with E-state index in [1.54, 1.807) is 13.2 Å². The molecular formula is C33H36N6O3. The molecular weight excluding hydrogens is 528 g/mol. The average molecular weight is 565 g/mol. The van der Waals surface area contributed by atoms with Gasteiger partial charge in [-0.3, -0.25) is 4.79 Å².